The molecule has 0 bridgehead atoms. The van der Waals surface area contributed by atoms with Crippen molar-refractivity contribution in [3.8, 4) is 11.5 Å². The summed E-state index contributed by atoms with van der Waals surface area (Å²) >= 11 is 0. The minimum Gasteiger partial charge on any atom is -0.493 e. The molecule has 0 spiro atoms. The zero-order valence-electron chi connectivity index (χ0n) is 15.5. The normalized spacial score (nSPS) is 15.1. The molecule has 1 N–H and O–H groups in total. The fourth-order valence-electron chi connectivity index (χ4n) is 3.18. The Morgan fingerprint density at radius 2 is 1.50 bits per heavy atom. The molecule has 2 aromatic rings. The van der Waals surface area contributed by atoms with Gasteiger partial charge in [0.1, 0.15) is 6.10 Å². The highest BCUT2D eigenvalue weighted by Gasteiger charge is 2.46. The number of amides is 2. The van der Waals surface area contributed by atoms with Crippen LogP contribution in [0.4, 0.5) is 0 Å². The van der Waals surface area contributed by atoms with E-state index in [0.29, 0.717) is 11.5 Å². The molecule has 0 saturated carbocycles. The molecular formula is C20H19NO7. The van der Waals surface area contributed by atoms with Crippen LogP contribution in [0.3, 0.4) is 0 Å². The molecule has 0 saturated heterocycles. The highest BCUT2D eigenvalue weighted by atomic mass is 16.5. The largest absolute Gasteiger partial charge is 0.493 e. The topological polar surface area (TPSA) is 102 Å². The Morgan fingerprint density at radius 1 is 0.929 bits per heavy atom. The van der Waals surface area contributed by atoms with Crippen LogP contribution >= 0.6 is 0 Å². The van der Waals surface area contributed by atoms with Crippen LogP contribution in [-0.2, 0) is 9.53 Å². The number of esters is 1. The molecule has 28 heavy (non-hydrogen) atoms. The summed E-state index contributed by atoms with van der Waals surface area (Å²) in [6.45, 7) is 0. The van der Waals surface area contributed by atoms with Gasteiger partial charge in [-0.05, 0) is 29.8 Å². The van der Waals surface area contributed by atoms with Gasteiger partial charge < -0.3 is 19.3 Å². The van der Waals surface area contributed by atoms with E-state index in [1.165, 1.54) is 38.5 Å². The van der Waals surface area contributed by atoms with E-state index in [-0.39, 0.29) is 16.7 Å². The van der Waals surface area contributed by atoms with Crippen LogP contribution in [0.5, 0.6) is 11.5 Å². The molecule has 8 heteroatoms. The number of rotatable bonds is 6. The van der Waals surface area contributed by atoms with Gasteiger partial charge in [-0.1, -0.05) is 18.2 Å². The molecule has 0 aliphatic carbocycles. The van der Waals surface area contributed by atoms with E-state index in [0.717, 1.165) is 12.0 Å². The number of benzene rings is 2. The standard InChI is InChI=1S/C20H19NO7/c1-26-14-9-8-11(10-15(14)27-2)17(22)16(20(25)28-3)21-18(23)12-6-4-5-7-13(12)19(21)24/h4-10,16-17,22H,1-3H3/t16-,17+/m0/s1. The Kier molecular flexibility index (Phi) is 5.32. The molecule has 0 radical (unpaired) electrons. The summed E-state index contributed by atoms with van der Waals surface area (Å²) in [5.74, 6) is -1.51. The Bertz CT molecular complexity index is 905. The van der Waals surface area contributed by atoms with E-state index in [4.69, 9.17) is 14.2 Å². The first-order valence-electron chi connectivity index (χ1n) is 8.39. The zero-order chi connectivity index (χ0) is 20.4. The summed E-state index contributed by atoms with van der Waals surface area (Å²) in [6, 6.07) is 9.19. The summed E-state index contributed by atoms with van der Waals surface area (Å²) in [4.78, 5) is 38.7. The van der Waals surface area contributed by atoms with Gasteiger partial charge in [0.15, 0.2) is 17.5 Å². The third kappa shape index (κ3) is 3.07. The second-order valence-corrected chi connectivity index (χ2v) is 6.05. The maximum atomic E-state index is 12.8. The van der Waals surface area contributed by atoms with Crippen LogP contribution in [-0.4, -0.2) is 55.2 Å². The highest BCUT2D eigenvalue weighted by Crippen LogP contribution is 2.34. The molecule has 2 atom stereocenters. The average molecular weight is 385 g/mol. The molecule has 8 nitrogen and oxygen atoms in total. The summed E-state index contributed by atoms with van der Waals surface area (Å²) in [7, 11) is 4.01. The third-order valence-electron chi connectivity index (χ3n) is 4.59. The quantitative estimate of drug-likeness (QED) is 0.595. The van der Waals surface area contributed by atoms with E-state index in [1.807, 2.05) is 0 Å². The molecule has 1 aliphatic rings. The molecule has 0 fully saturated rings. The summed E-state index contributed by atoms with van der Waals surface area (Å²) in [5, 5.41) is 10.9. The second kappa shape index (κ2) is 7.69. The number of ether oxygens (including phenoxy) is 3. The predicted octanol–water partition coefficient (Wildman–Crippen LogP) is 1.57. The lowest BCUT2D eigenvalue weighted by Crippen LogP contribution is -2.49. The highest BCUT2D eigenvalue weighted by molar-refractivity contribution is 6.22. The molecule has 1 aliphatic heterocycles. The summed E-state index contributed by atoms with van der Waals surface area (Å²) in [5.41, 5.74) is 0.589. The molecule has 1 heterocycles. The van der Waals surface area contributed by atoms with E-state index in [1.54, 1.807) is 18.2 Å². The molecule has 0 aromatic heterocycles. The second-order valence-electron chi connectivity index (χ2n) is 6.05. The number of fused-ring (bicyclic) bond motifs is 1. The van der Waals surface area contributed by atoms with E-state index in [9.17, 15) is 19.5 Å². The van der Waals surface area contributed by atoms with Gasteiger partial charge in [0.05, 0.1) is 32.5 Å². The summed E-state index contributed by atoms with van der Waals surface area (Å²) < 4.78 is 15.1. The average Bonchev–Trinajstić information content (AvgIpc) is 2.98. The maximum Gasteiger partial charge on any atom is 0.332 e. The van der Waals surface area contributed by atoms with Gasteiger partial charge in [0.2, 0.25) is 0 Å². The van der Waals surface area contributed by atoms with E-state index < -0.39 is 29.9 Å². The first kappa shape index (κ1) is 19.4. The van der Waals surface area contributed by atoms with Crippen molar-refractivity contribution >= 4 is 17.8 Å². The van der Waals surface area contributed by atoms with Crippen LogP contribution in [0.1, 0.15) is 32.4 Å². The van der Waals surface area contributed by atoms with Crippen molar-refractivity contribution in [2.24, 2.45) is 0 Å². The SMILES string of the molecule is COC(=O)[C@H]([C@H](O)c1ccc(OC)c(OC)c1)N1C(=O)c2ccccc2C1=O. The first-order valence-corrected chi connectivity index (χ1v) is 8.39. The minimum atomic E-state index is -1.56. The Hall–Kier alpha value is -3.39. The smallest absolute Gasteiger partial charge is 0.332 e. The Morgan fingerprint density at radius 3 is 2.00 bits per heavy atom. The number of carbonyl (C=O) groups is 3. The van der Waals surface area contributed by atoms with Crippen molar-refractivity contribution in [3.05, 3.63) is 59.2 Å². The number of hydrogen-bond acceptors (Lipinski definition) is 7. The number of hydrogen-bond donors (Lipinski definition) is 1. The predicted molar refractivity (Wildman–Crippen MR) is 97.3 cm³/mol. The Balaban J connectivity index is 2.04. The van der Waals surface area contributed by atoms with Gasteiger partial charge in [-0.15, -0.1) is 0 Å². The van der Waals surface area contributed by atoms with E-state index >= 15 is 0 Å². The third-order valence-corrected chi connectivity index (χ3v) is 4.59. The lowest BCUT2D eigenvalue weighted by atomic mass is 10.00. The number of aliphatic hydroxyl groups excluding tert-OH is 1. The van der Waals surface area contributed by atoms with Gasteiger partial charge in [0.25, 0.3) is 11.8 Å². The van der Waals surface area contributed by atoms with Crippen molar-refractivity contribution < 1.29 is 33.7 Å². The number of aliphatic hydroxyl groups is 1. The lowest BCUT2D eigenvalue weighted by Gasteiger charge is -2.28. The monoisotopic (exact) mass is 385 g/mol. The number of methoxy groups -OCH3 is 3. The molecular weight excluding hydrogens is 366 g/mol. The van der Waals surface area contributed by atoms with Gasteiger partial charge in [-0.3, -0.25) is 14.5 Å². The van der Waals surface area contributed by atoms with Crippen LogP contribution in [0, 0.1) is 0 Å². The number of nitrogens with zero attached hydrogens (tertiary/aromatic N) is 1. The van der Waals surface area contributed by atoms with Crippen LogP contribution in [0.15, 0.2) is 42.5 Å². The molecule has 0 unspecified atom stereocenters. The van der Waals surface area contributed by atoms with Crippen molar-refractivity contribution in [1.29, 1.82) is 0 Å². The number of carbonyl (C=O) groups excluding carboxylic acids is 3. The first-order chi connectivity index (χ1) is 13.4. The maximum absolute atomic E-state index is 12.8. The molecule has 2 aromatic carbocycles. The van der Waals surface area contributed by atoms with Crippen molar-refractivity contribution in [2.45, 2.75) is 12.1 Å². The van der Waals surface area contributed by atoms with Crippen molar-refractivity contribution in [2.75, 3.05) is 21.3 Å². The summed E-state index contributed by atoms with van der Waals surface area (Å²) in [6.07, 6.45) is -1.53. The lowest BCUT2D eigenvalue weighted by molar-refractivity contribution is -0.149. The number of imide groups is 1. The van der Waals surface area contributed by atoms with Crippen LogP contribution < -0.4 is 9.47 Å². The molecule has 3 rings (SSSR count). The van der Waals surface area contributed by atoms with Crippen molar-refractivity contribution in [1.82, 2.24) is 4.90 Å². The van der Waals surface area contributed by atoms with Crippen LogP contribution in [0.25, 0.3) is 0 Å². The van der Waals surface area contributed by atoms with Gasteiger partial charge in [-0.2, -0.15) is 0 Å². The molecule has 146 valence electrons. The Labute approximate surface area is 161 Å². The van der Waals surface area contributed by atoms with Gasteiger partial charge >= 0.3 is 5.97 Å². The van der Waals surface area contributed by atoms with E-state index in [2.05, 4.69) is 0 Å². The molecule has 2 amide bonds. The van der Waals surface area contributed by atoms with Crippen molar-refractivity contribution in [3.63, 3.8) is 0 Å². The van der Waals surface area contributed by atoms with Crippen LogP contribution in [0.2, 0.25) is 0 Å². The van der Waals surface area contributed by atoms with Gasteiger partial charge in [0, 0.05) is 0 Å². The fraction of sp³-hybridized carbons (Fsp3) is 0.250. The zero-order valence-corrected chi connectivity index (χ0v) is 15.5. The van der Waals surface area contributed by atoms with Gasteiger partial charge in [-0.25, -0.2) is 4.79 Å². The minimum absolute atomic E-state index is 0.168. The fourth-order valence-corrected chi connectivity index (χ4v) is 3.18.